The van der Waals surface area contributed by atoms with Crippen molar-refractivity contribution in [2.75, 3.05) is 0 Å². The fourth-order valence-electron chi connectivity index (χ4n) is 1.78. The second-order valence-corrected chi connectivity index (χ2v) is 4.55. The zero-order valence-corrected chi connectivity index (χ0v) is 11.7. The highest BCUT2D eigenvalue weighted by Gasteiger charge is 2.19. The van der Waals surface area contributed by atoms with E-state index >= 15 is 0 Å². The van der Waals surface area contributed by atoms with E-state index < -0.39 is 16.7 Å². The summed E-state index contributed by atoms with van der Waals surface area (Å²) in [7, 11) is 0. The lowest BCUT2D eigenvalue weighted by Gasteiger charge is -2.08. The van der Waals surface area contributed by atoms with Crippen LogP contribution in [-0.2, 0) is 0 Å². The van der Waals surface area contributed by atoms with Gasteiger partial charge in [0.2, 0.25) is 0 Å². The van der Waals surface area contributed by atoms with Crippen LogP contribution in [0.2, 0.25) is 0 Å². The van der Waals surface area contributed by atoms with E-state index in [1.165, 1.54) is 24.3 Å². The number of nitro groups is 1. The Kier molecular flexibility index (Phi) is 4.47. The van der Waals surface area contributed by atoms with Crippen LogP contribution in [0.3, 0.4) is 0 Å². The number of hydrogen-bond donors (Lipinski definition) is 2. The van der Waals surface area contributed by atoms with E-state index in [1.807, 2.05) is 6.92 Å². The molecule has 0 aromatic heterocycles. The van der Waals surface area contributed by atoms with Gasteiger partial charge in [0.1, 0.15) is 5.56 Å². The highest BCUT2D eigenvalue weighted by atomic mass is 16.6. The summed E-state index contributed by atoms with van der Waals surface area (Å²) in [5.74, 6) is -1.26. The minimum atomic E-state index is -0.757. The van der Waals surface area contributed by atoms with Gasteiger partial charge in [0.25, 0.3) is 17.5 Å². The Balaban J connectivity index is 2.06. The molecule has 0 spiro atoms. The van der Waals surface area contributed by atoms with Gasteiger partial charge in [-0.25, -0.2) is 0 Å². The standard InChI is InChI=1S/C15H13N3O4/c1-10-6-8-11(9-7-10)14(19)16-17-15(20)12-4-2-3-5-13(12)18(21)22/h2-9H,1H3,(H,16,19)(H,17,20). The number of aryl methyl sites for hydroxylation is 1. The largest absolute Gasteiger partial charge is 0.282 e. The maximum absolute atomic E-state index is 11.9. The van der Waals surface area contributed by atoms with Crippen molar-refractivity contribution in [3.8, 4) is 0 Å². The van der Waals surface area contributed by atoms with Gasteiger partial charge in [-0.1, -0.05) is 29.8 Å². The van der Waals surface area contributed by atoms with Crippen LogP contribution in [-0.4, -0.2) is 16.7 Å². The molecule has 0 fully saturated rings. The van der Waals surface area contributed by atoms with Crippen LogP contribution in [0.15, 0.2) is 48.5 Å². The summed E-state index contributed by atoms with van der Waals surface area (Å²) in [6.45, 7) is 1.89. The summed E-state index contributed by atoms with van der Waals surface area (Å²) in [5, 5.41) is 10.9. The van der Waals surface area contributed by atoms with Crippen molar-refractivity contribution < 1.29 is 14.5 Å². The molecule has 0 bridgehead atoms. The molecule has 0 heterocycles. The number of hydrogen-bond acceptors (Lipinski definition) is 4. The third kappa shape index (κ3) is 3.45. The van der Waals surface area contributed by atoms with Gasteiger partial charge in [0.05, 0.1) is 4.92 Å². The average Bonchev–Trinajstić information content (AvgIpc) is 2.53. The summed E-state index contributed by atoms with van der Waals surface area (Å²) in [4.78, 5) is 34.0. The van der Waals surface area contributed by atoms with Gasteiger partial charge in [-0.15, -0.1) is 0 Å². The number of para-hydroxylation sites is 1. The summed E-state index contributed by atoms with van der Waals surface area (Å²) in [5.41, 5.74) is 5.30. The van der Waals surface area contributed by atoms with Crippen molar-refractivity contribution in [3.05, 3.63) is 75.3 Å². The zero-order chi connectivity index (χ0) is 16.1. The number of nitrogens with one attached hydrogen (secondary N) is 2. The van der Waals surface area contributed by atoms with E-state index in [0.29, 0.717) is 5.56 Å². The quantitative estimate of drug-likeness (QED) is 0.668. The molecule has 0 saturated heterocycles. The van der Waals surface area contributed by atoms with Crippen molar-refractivity contribution in [1.29, 1.82) is 0 Å². The van der Waals surface area contributed by atoms with Crippen molar-refractivity contribution in [1.82, 2.24) is 10.9 Å². The molecule has 0 aliphatic rings. The number of hydrazine groups is 1. The minimum absolute atomic E-state index is 0.128. The Morgan fingerprint density at radius 2 is 1.55 bits per heavy atom. The van der Waals surface area contributed by atoms with Crippen LogP contribution in [0.1, 0.15) is 26.3 Å². The van der Waals surface area contributed by atoms with Crippen molar-refractivity contribution >= 4 is 17.5 Å². The molecule has 2 amide bonds. The van der Waals surface area contributed by atoms with E-state index in [4.69, 9.17) is 0 Å². The molecule has 0 radical (unpaired) electrons. The lowest BCUT2D eigenvalue weighted by atomic mass is 10.1. The van der Waals surface area contributed by atoms with E-state index in [9.17, 15) is 19.7 Å². The van der Waals surface area contributed by atoms with Gasteiger partial charge in [-0.05, 0) is 25.1 Å². The number of nitrogens with zero attached hydrogens (tertiary/aromatic N) is 1. The van der Waals surface area contributed by atoms with Crippen LogP contribution in [0.4, 0.5) is 5.69 Å². The number of nitro benzene ring substituents is 1. The molecule has 0 aliphatic heterocycles. The molecule has 2 N–H and O–H groups in total. The summed E-state index contributed by atoms with van der Waals surface area (Å²) in [6, 6.07) is 12.2. The van der Waals surface area contributed by atoms with E-state index in [-0.39, 0.29) is 11.3 Å². The molecule has 112 valence electrons. The fourth-order valence-corrected chi connectivity index (χ4v) is 1.78. The predicted octanol–water partition coefficient (Wildman–Crippen LogP) is 1.98. The molecule has 0 atom stereocenters. The van der Waals surface area contributed by atoms with Crippen LogP contribution in [0.5, 0.6) is 0 Å². The first-order valence-electron chi connectivity index (χ1n) is 6.40. The van der Waals surface area contributed by atoms with Crippen LogP contribution in [0, 0.1) is 17.0 Å². The van der Waals surface area contributed by atoms with Gasteiger partial charge in [0, 0.05) is 11.6 Å². The van der Waals surface area contributed by atoms with Crippen LogP contribution in [0.25, 0.3) is 0 Å². The lowest BCUT2D eigenvalue weighted by molar-refractivity contribution is -0.385. The Morgan fingerprint density at radius 3 is 2.18 bits per heavy atom. The second-order valence-electron chi connectivity index (χ2n) is 4.55. The molecular weight excluding hydrogens is 286 g/mol. The molecule has 0 unspecified atom stereocenters. The molecule has 2 rings (SSSR count). The Hall–Kier alpha value is -3.22. The minimum Gasteiger partial charge on any atom is -0.267 e. The summed E-state index contributed by atoms with van der Waals surface area (Å²) < 4.78 is 0. The maximum Gasteiger partial charge on any atom is 0.282 e. The van der Waals surface area contributed by atoms with Gasteiger partial charge in [0.15, 0.2) is 0 Å². The molecule has 7 nitrogen and oxygen atoms in total. The third-order valence-corrected chi connectivity index (χ3v) is 2.95. The number of benzene rings is 2. The Labute approximate surface area is 126 Å². The smallest absolute Gasteiger partial charge is 0.267 e. The topological polar surface area (TPSA) is 101 Å². The molecule has 2 aromatic rings. The second kappa shape index (κ2) is 6.49. The summed E-state index contributed by atoms with van der Waals surface area (Å²) in [6.07, 6.45) is 0. The Morgan fingerprint density at radius 1 is 0.955 bits per heavy atom. The number of carbonyl (C=O) groups is 2. The van der Waals surface area contributed by atoms with Gasteiger partial charge < -0.3 is 0 Å². The monoisotopic (exact) mass is 299 g/mol. The first-order chi connectivity index (χ1) is 10.5. The first-order valence-corrected chi connectivity index (χ1v) is 6.40. The summed E-state index contributed by atoms with van der Waals surface area (Å²) >= 11 is 0. The van der Waals surface area contributed by atoms with Gasteiger partial charge in [-0.3, -0.25) is 30.6 Å². The molecule has 2 aromatic carbocycles. The number of rotatable bonds is 3. The average molecular weight is 299 g/mol. The zero-order valence-electron chi connectivity index (χ0n) is 11.7. The fraction of sp³-hybridized carbons (Fsp3) is 0.0667. The van der Waals surface area contributed by atoms with Gasteiger partial charge >= 0.3 is 0 Å². The molecular formula is C15H13N3O4. The molecule has 22 heavy (non-hydrogen) atoms. The highest BCUT2D eigenvalue weighted by Crippen LogP contribution is 2.16. The predicted molar refractivity (Wildman–Crippen MR) is 79.2 cm³/mol. The van der Waals surface area contributed by atoms with E-state index in [1.54, 1.807) is 24.3 Å². The third-order valence-electron chi connectivity index (χ3n) is 2.95. The molecule has 7 heteroatoms. The van der Waals surface area contributed by atoms with Crippen LogP contribution >= 0.6 is 0 Å². The van der Waals surface area contributed by atoms with Crippen molar-refractivity contribution in [2.45, 2.75) is 6.92 Å². The number of carbonyl (C=O) groups excluding carboxylic acids is 2. The van der Waals surface area contributed by atoms with Gasteiger partial charge in [-0.2, -0.15) is 0 Å². The molecule has 0 saturated carbocycles. The maximum atomic E-state index is 11.9. The molecule has 0 aliphatic carbocycles. The first kappa shape index (κ1) is 15.2. The number of amides is 2. The lowest BCUT2D eigenvalue weighted by Crippen LogP contribution is -2.41. The van der Waals surface area contributed by atoms with Crippen molar-refractivity contribution in [2.24, 2.45) is 0 Å². The van der Waals surface area contributed by atoms with E-state index in [2.05, 4.69) is 10.9 Å². The normalized spacial score (nSPS) is 9.86. The highest BCUT2D eigenvalue weighted by molar-refractivity contribution is 6.01. The van der Waals surface area contributed by atoms with Crippen molar-refractivity contribution in [3.63, 3.8) is 0 Å². The SMILES string of the molecule is Cc1ccc(C(=O)NNC(=O)c2ccccc2[N+](=O)[O-])cc1. The Bertz CT molecular complexity index is 726. The van der Waals surface area contributed by atoms with E-state index in [0.717, 1.165) is 5.56 Å². The van der Waals surface area contributed by atoms with Crippen LogP contribution < -0.4 is 10.9 Å².